The van der Waals surface area contributed by atoms with Crippen LogP contribution in [-0.4, -0.2) is 52.0 Å². The summed E-state index contributed by atoms with van der Waals surface area (Å²) in [5.41, 5.74) is 2.00. The number of fused-ring (bicyclic) bond motifs is 1. The summed E-state index contributed by atoms with van der Waals surface area (Å²) in [4.78, 5) is 29.4. The molecule has 2 amide bonds. The van der Waals surface area contributed by atoms with Gasteiger partial charge in [-0.1, -0.05) is 25.1 Å². The molecule has 1 saturated heterocycles. The molecule has 1 aliphatic heterocycles. The number of rotatable bonds is 5. The first-order valence-electron chi connectivity index (χ1n) is 8.78. The lowest BCUT2D eigenvalue weighted by Crippen LogP contribution is -2.48. The van der Waals surface area contributed by atoms with E-state index in [4.69, 9.17) is 0 Å². The van der Waals surface area contributed by atoms with Gasteiger partial charge in [0.2, 0.25) is 11.8 Å². The number of amides is 2. The molecule has 3 rings (SSSR count). The molecule has 1 aromatic heterocycles. The molecule has 2 aromatic rings. The number of benzene rings is 1. The monoisotopic (exact) mass is 343 g/mol. The number of aliphatic hydroxyl groups excluding tert-OH is 1. The van der Waals surface area contributed by atoms with Gasteiger partial charge in [-0.25, -0.2) is 0 Å². The molecule has 3 N–H and O–H groups in total. The predicted octanol–water partition coefficient (Wildman–Crippen LogP) is 1.44. The Hall–Kier alpha value is -2.34. The second kappa shape index (κ2) is 7.27. The van der Waals surface area contributed by atoms with E-state index >= 15 is 0 Å². The quantitative estimate of drug-likeness (QED) is 0.768. The van der Waals surface area contributed by atoms with Crippen LogP contribution >= 0.6 is 0 Å². The first-order valence-corrected chi connectivity index (χ1v) is 8.78. The molecule has 134 valence electrons. The highest BCUT2D eigenvalue weighted by Crippen LogP contribution is 2.23. The maximum absolute atomic E-state index is 12.9. The van der Waals surface area contributed by atoms with Crippen molar-refractivity contribution in [1.82, 2.24) is 15.2 Å². The molecule has 1 aromatic carbocycles. The van der Waals surface area contributed by atoms with Crippen molar-refractivity contribution in [1.29, 1.82) is 0 Å². The van der Waals surface area contributed by atoms with E-state index in [1.807, 2.05) is 37.4 Å². The Kier molecular flexibility index (Phi) is 5.08. The topological polar surface area (TPSA) is 85.4 Å². The Morgan fingerprint density at radius 3 is 2.80 bits per heavy atom. The predicted molar refractivity (Wildman–Crippen MR) is 96.0 cm³/mol. The minimum Gasteiger partial charge on any atom is -0.391 e. The molecule has 0 spiro atoms. The van der Waals surface area contributed by atoms with Crippen molar-refractivity contribution in [2.45, 2.75) is 38.8 Å². The third-order valence-corrected chi connectivity index (χ3v) is 5.02. The van der Waals surface area contributed by atoms with Crippen LogP contribution in [0.4, 0.5) is 0 Å². The number of nitrogens with one attached hydrogen (secondary N) is 2. The van der Waals surface area contributed by atoms with Crippen LogP contribution in [0.5, 0.6) is 0 Å². The maximum atomic E-state index is 12.9. The summed E-state index contributed by atoms with van der Waals surface area (Å²) >= 11 is 0. The number of hydrogen-bond acceptors (Lipinski definition) is 3. The Labute approximate surface area is 147 Å². The van der Waals surface area contributed by atoms with Crippen molar-refractivity contribution in [3.05, 3.63) is 36.0 Å². The van der Waals surface area contributed by atoms with E-state index in [0.717, 1.165) is 22.9 Å². The van der Waals surface area contributed by atoms with Gasteiger partial charge in [0.25, 0.3) is 0 Å². The van der Waals surface area contributed by atoms with Gasteiger partial charge in [-0.3, -0.25) is 9.59 Å². The molecule has 6 heteroatoms. The molecule has 0 aliphatic carbocycles. The van der Waals surface area contributed by atoms with Gasteiger partial charge in [-0.2, -0.15) is 0 Å². The Morgan fingerprint density at radius 2 is 2.12 bits per heavy atom. The van der Waals surface area contributed by atoms with E-state index < -0.39 is 12.1 Å². The lowest BCUT2D eigenvalue weighted by molar-refractivity contribution is -0.135. The number of carbonyl (C=O) groups is 2. The van der Waals surface area contributed by atoms with Crippen molar-refractivity contribution in [2.75, 3.05) is 13.1 Å². The average Bonchev–Trinajstić information content (AvgIpc) is 3.17. The maximum Gasteiger partial charge on any atom is 0.245 e. The largest absolute Gasteiger partial charge is 0.391 e. The van der Waals surface area contributed by atoms with Crippen molar-refractivity contribution in [2.24, 2.45) is 5.92 Å². The number of H-pyrrole nitrogens is 1. The third-order valence-electron chi connectivity index (χ3n) is 5.02. The molecule has 1 fully saturated rings. The number of para-hydroxylation sites is 1. The smallest absolute Gasteiger partial charge is 0.245 e. The summed E-state index contributed by atoms with van der Waals surface area (Å²) in [6.07, 6.45) is 2.66. The molecule has 25 heavy (non-hydrogen) atoms. The lowest BCUT2D eigenvalue weighted by Gasteiger charge is -2.24. The Morgan fingerprint density at radius 1 is 1.36 bits per heavy atom. The van der Waals surface area contributed by atoms with Gasteiger partial charge in [-0.15, -0.1) is 0 Å². The fraction of sp³-hybridized carbons (Fsp3) is 0.474. The van der Waals surface area contributed by atoms with Crippen LogP contribution in [0.2, 0.25) is 0 Å². The molecule has 0 bridgehead atoms. The SMILES string of the molecule is CC[C@@H]1CN(C(=O)[C@H](Cc2c[nH]c3ccccc23)NC(C)=O)C[C@@H]1O. The van der Waals surface area contributed by atoms with Gasteiger partial charge in [0.1, 0.15) is 6.04 Å². The molecule has 1 aliphatic rings. The summed E-state index contributed by atoms with van der Waals surface area (Å²) in [5, 5.41) is 13.9. The van der Waals surface area contributed by atoms with E-state index in [1.165, 1.54) is 6.92 Å². The summed E-state index contributed by atoms with van der Waals surface area (Å²) in [6, 6.07) is 7.27. The second-order valence-corrected chi connectivity index (χ2v) is 6.80. The molecule has 6 nitrogen and oxygen atoms in total. The zero-order valence-electron chi connectivity index (χ0n) is 14.7. The number of β-amino-alcohol motifs (C(OH)–C–C–N with tert-alkyl or cyclic N) is 1. The van der Waals surface area contributed by atoms with Crippen molar-refractivity contribution in [3.63, 3.8) is 0 Å². The zero-order valence-corrected chi connectivity index (χ0v) is 14.7. The number of hydrogen-bond donors (Lipinski definition) is 3. The number of aromatic amines is 1. The molecule has 0 radical (unpaired) electrons. The van der Waals surface area contributed by atoms with Crippen LogP contribution in [0.1, 0.15) is 25.8 Å². The van der Waals surface area contributed by atoms with Crippen LogP contribution in [0.25, 0.3) is 10.9 Å². The fourth-order valence-corrected chi connectivity index (χ4v) is 3.62. The van der Waals surface area contributed by atoms with Gasteiger partial charge in [-0.05, 0) is 18.1 Å². The summed E-state index contributed by atoms with van der Waals surface area (Å²) in [6.45, 7) is 4.31. The number of aromatic nitrogens is 1. The van der Waals surface area contributed by atoms with Crippen LogP contribution in [0.3, 0.4) is 0 Å². The van der Waals surface area contributed by atoms with E-state index in [9.17, 15) is 14.7 Å². The second-order valence-electron chi connectivity index (χ2n) is 6.80. The van der Waals surface area contributed by atoms with Crippen LogP contribution in [-0.2, 0) is 16.0 Å². The standard InChI is InChI=1S/C19H25N3O3/c1-3-13-10-22(11-18(13)24)19(25)17(21-12(2)23)8-14-9-20-16-7-5-4-6-15(14)16/h4-7,9,13,17-18,20,24H,3,8,10-11H2,1-2H3,(H,21,23)/t13-,17+,18+/m1/s1. The average molecular weight is 343 g/mol. The van der Waals surface area contributed by atoms with Crippen LogP contribution in [0, 0.1) is 5.92 Å². The van der Waals surface area contributed by atoms with Gasteiger partial charge in [0, 0.05) is 49.5 Å². The van der Waals surface area contributed by atoms with Crippen molar-refractivity contribution >= 4 is 22.7 Å². The van der Waals surface area contributed by atoms with Crippen molar-refractivity contribution in [3.8, 4) is 0 Å². The first kappa shape index (κ1) is 17.5. The van der Waals surface area contributed by atoms with Gasteiger partial charge < -0.3 is 20.3 Å². The number of nitrogens with zero attached hydrogens (tertiary/aromatic N) is 1. The molecule has 2 heterocycles. The molecule has 3 atom stereocenters. The van der Waals surface area contributed by atoms with E-state index in [1.54, 1.807) is 4.90 Å². The number of likely N-dealkylation sites (tertiary alicyclic amines) is 1. The van der Waals surface area contributed by atoms with Crippen molar-refractivity contribution < 1.29 is 14.7 Å². The highest BCUT2D eigenvalue weighted by atomic mass is 16.3. The van der Waals surface area contributed by atoms with E-state index in [0.29, 0.717) is 19.5 Å². The fourth-order valence-electron chi connectivity index (χ4n) is 3.62. The number of carbonyl (C=O) groups excluding carboxylic acids is 2. The highest BCUT2D eigenvalue weighted by molar-refractivity contribution is 5.89. The zero-order chi connectivity index (χ0) is 18.0. The van der Waals surface area contributed by atoms with E-state index in [2.05, 4.69) is 10.3 Å². The normalized spacial score (nSPS) is 21.5. The summed E-state index contributed by atoms with van der Waals surface area (Å²) in [5.74, 6) is -0.254. The minimum atomic E-state index is -0.625. The van der Waals surface area contributed by atoms with Gasteiger partial charge in [0.15, 0.2) is 0 Å². The summed E-state index contributed by atoms with van der Waals surface area (Å²) in [7, 11) is 0. The van der Waals surface area contributed by atoms with Crippen LogP contribution < -0.4 is 5.32 Å². The highest BCUT2D eigenvalue weighted by Gasteiger charge is 2.36. The third kappa shape index (κ3) is 3.69. The molecule has 0 unspecified atom stereocenters. The number of aliphatic hydroxyl groups is 1. The molecular formula is C19H25N3O3. The Balaban J connectivity index is 1.80. The van der Waals surface area contributed by atoms with Crippen LogP contribution in [0.15, 0.2) is 30.5 Å². The van der Waals surface area contributed by atoms with Gasteiger partial charge >= 0.3 is 0 Å². The van der Waals surface area contributed by atoms with Gasteiger partial charge in [0.05, 0.1) is 6.10 Å². The van der Waals surface area contributed by atoms with E-state index in [-0.39, 0.29) is 17.7 Å². The first-order chi connectivity index (χ1) is 12.0. The summed E-state index contributed by atoms with van der Waals surface area (Å²) < 4.78 is 0. The lowest BCUT2D eigenvalue weighted by atomic mass is 10.0. The molecular weight excluding hydrogens is 318 g/mol. The molecule has 0 saturated carbocycles. The Bertz CT molecular complexity index is 770. The minimum absolute atomic E-state index is 0.106.